The van der Waals surface area contributed by atoms with Crippen molar-refractivity contribution in [3.05, 3.63) is 54.4 Å². The molecule has 0 amide bonds. The van der Waals surface area contributed by atoms with E-state index in [0.717, 1.165) is 60.9 Å². The van der Waals surface area contributed by atoms with Crippen LogP contribution in [-0.4, -0.2) is 54.4 Å². The lowest BCUT2D eigenvalue weighted by molar-refractivity contribution is 0.0799. The molecule has 1 fully saturated rings. The third-order valence-corrected chi connectivity index (χ3v) is 6.45. The minimum absolute atomic E-state index is 0.162. The summed E-state index contributed by atoms with van der Waals surface area (Å²) in [5.41, 5.74) is 3.23. The van der Waals surface area contributed by atoms with Crippen molar-refractivity contribution in [3.8, 4) is 17.6 Å². The van der Waals surface area contributed by atoms with Gasteiger partial charge in [-0.3, -0.25) is 4.98 Å². The Kier molecular flexibility index (Phi) is 6.70. The molecule has 2 aromatic carbocycles. The average molecular weight is 473 g/mol. The Bertz CT molecular complexity index is 1370. The van der Waals surface area contributed by atoms with E-state index < -0.39 is 0 Å². The molecule has 3 heterocycles. The lowest BCUT2D eigenvalue weighted by Crippen LogP contribution is -2.36. The maximum atomic E-state index is 9.75. The molecule has 5 rings (SSSR count). The van der Waals surface area contributed by atoms with Crippen molar-refractivity contribution in [2.75, 3.05) is 38.7 Å². The summed E-state index contributed by atoms with van der Waals surface area (Å²) in [7, 11) is 1.60. The van der Waals surface area contributed by atoms with E-state index in [9.17, 15) is 10.4 Å². The lowest BCUT2D eigenvalue weighted by Gasteiger charge is -2.29. The lowest BCUT2D eigenvalue weighted by atomic mass is 10.1. The molecule has 2 N–H and O–H groups in total. The number of para-hydroxylation sites is 1. The van der Waals surface area contributed by atoms with E-state index in [1.807, 2.05) is 36.4 Å². The molecule has 8 heteroatoms. The van der Waals surface area contributed by atoms with Crippen LogP contribution in [0.2, 0.25) is 0 Å². The Hall–Kier alpha value is -3.80. The minimum Gasteiger partial charge on any atom is -0.493 e. The van der Waals surface area contributed by atoms with Gasteiger partial charge >= 0.3 is 0 Å². The summed E-state index contributed by atoms with van der Waals surface area (Å²) in [6.07, 6.45) is 5.59. The van der Waals surface area contributed by atoms with Crippen LogP contribution in [0.15, 0.2) is 53.3 Å². The number of nitrogens with zero attached hydrogens (tertiary/aromatic N) is 3. The fraction of sp³-hybridized carbons (Fsp3) is 0.333. The van der Waals surface area contributed by atoms with Crippen LogP contribution >= 0.6 is 0 Å². The zero-order valence-electron chi connectivity index (χ0n) is 19.7. The van der Waals surface area contributed by atoms with Gasteiger partial charge in [0, 0.05) is 42.7 Å². The van der Waals surface area contributed by atoms with Crippen molar-refractivity contribution in [1.82, 2.24) is 9.88 Å². The van der Waals surface area contributed by atoms with Crippen molar-refractivity contribution in [2.45, 2.75) is 25.4 Å². The van der Waals surface area contributed by atoms with Crippen molar-refractivity contribution < 1.29 is 19.0 Å². The first-order valence-corrected chi connectivity index (χ1v) is 11.8. The van der Waals surface area contributed by atoms with E-state index in [2.05, 4.69) is 21.3 Å². The number of piperidine rings is 1. The number of aromatic nitrogens is 1. The van der Waals surface area contributed by atoms with Crippen LogP contribution in [0.4, 0.5) is 11.4 Å². The van der Waals surface area contributed by atoms with Gasteiger partial charge in [0.2, 0.25) is 0 Å². The topological polar surface area (TPSA) is 104 Å². The number of nitrogens with one attached hydrogen (secondary N) is 1. The quantitative estimate of drug-likeness (QED) is 0.352. The summed E-state index contributed by atoms with van der Waals surface area (Å²) in [4.78, 5) is 6.86. The van der Waals surface area contributed by atoms with Crippen molar-refractivity contribution in [1.29, 1.82) is 5.26 Å². The number of hydrogen-bond acceptors (Lipinski definition) is 8. The van der Waals surface area contributed by atoms with Crippen LogP contribution in [0.1, 0.15) is 24.8 Å². The largest absolute Gasteiger partial charge is 0.493 e. The van der Waals surface area contributed by atoms with E-state index in [1.165, 1.54) is 0 Å². The first-order valence-electron chi connectivity index (χ1n) is 11.8. The zero-order chi connectivity index (χ0) is 24.2. The molecule has 1 aliphatic heterocycles. The Morgan fingerprint density at radius 1 is 1.23 bits per heavy atom. The Balaban J connectivity index is 1.38. The van der Waals surface area contributed by atoms with Crippen molar-refractivity contribution >= 4 is 33.2 Å². The second-order valence-corrected chi connectivity index (χ2v) is 8.72. The Morgan fingerprint density at radius 2 is 2.09 bits per heavy atom. The molecule has 0 aliphatic carbocycles. The zero-order valence-corrected chi connectivity index (χ0v) is 19.7. The SMILES string of the molecule is COc1cc2c(Nc3cccc4ccoc34)c(C#N)cnc2cc1OCCCN1CCC(O)CC1. The predicted octanol–water partition coefficient (Wildman–Crippen LogP) is 4.83. The smallest absolute Gasteiger partial charge is 0.163 e. The number of nitriles is 1. The van der Waals surface area contributed by atoms with E-state index >= 15 is 0 Å². The van der Waals surface area contributed by atoms with E-state index in [-0.39, 0.29) is 6.10 Å². The standard InChI is InChI=1S/C27H28N4O4/c1-33-24-14-21-23(15-25(24)34-12-3-9-31-10-6-20(32)7-11-31)29-17-19(16-28)26(21)30-22-5-2-4-18-8-13-35-27(18)22/h2,4-5,8,13-15,17,20,32H,3,6-7,9-12H2,1H3,(H,29,30). The second kappa shape index (κ2) is 10.2. The number of ether oxygens (including phenoxy) is 2. The maximum Gasteiger partial charge on any atom is 0.163 e. The first kappa shape index (κ1) is 23.0. The maximum absolute atomic E-state index is 9.75. The second-order valence-electron chi connectivity index (χ2n) is 8.72. The molecule has 4 aromatic rings. The van der Waals surface area contributed by atoms with Gasteiger partial charge in [-0.15, -0.1) is 0 Å². The van der Waals surface area contributed by atoms with Crippen LogP contribution in [0.5, 0.6) is 11.5 Å². The number of hydrogen-bond donors (Lipinski definition) is 2. The number of fused-ring (bicyclic) bond motifs is 2. The normalized spacial score (nSPS) is 14.8. The number of aliphatic hydroxyl groups is 1. The van der Waals surface area contributed by atoms with Gasteiger partial charge in [-0.25, -0.2) is 0 Å². The molecule has 1 aliphatic rings. The van der Waals surface area contributed by atoms with Crippen molar-refractivity contribution in [3.63, 3.8) is 0 Å². The molecule has 0 atom stereocenters. The summed E-state index contributed by atoms with van der Waals surface area (Å²) in [6.45, 7) is 3.32. The van der Waals surface area contributed by atoms with Gasteiger partial charge in [0.25, 0.3) is 0 Å². The number of aliphatic hydroxyl groups excluding tert-OH is 1. The molecular weight excluding hydrogens is 444 g/mol. The summed E-state index contributed by atoms with van der Waals surface area (Å²) >= 11 is 0. The summed E-state index contributed by atoms with van der Waals surface area (Å²) in [5.74, 6) is 1.19. The highest BCUT2D eigenvalue weighted by Crippen LogP contribution is 2.38. The van der Waals surface area contributed by atoms with Crippen LogP contribution in [0.25, 0.3) is 21.9 Å². The number of furan rings is 1. The molecule has 8 nitrogen and oxygen atoms in total. The average Bonchev–Trinajstić information content (AvgIpc) is 3.37. The third-order valence-electron chi connectivity index (χ3n) is 6.45. The molecule has 2 aromatic heterocycles. The van der Waals surface area contributed by atoms with Crippen LogP contribution in [0, 0.1) is 11.3 Å². The number of pyridine rings is 1. The molecule has 0 spiro atoms. The highest BCUT2D eigenvalue weighted by atomic mass is 16.5. The Morgan fingerprint density at radius 3 is 2.89 bits per heavy atom. The summed E-state index contributed by atoms with van der Waals surface area (Å²) in [6, 6.07) is 13.7. The van der Waals surface area contributed by atoms with Gasteiger partial charge in [-0.1, -0.05) is 12.1 Å². The summed E-state index contributed by atoms with van der Waals surface area (Å²) in [5, 5.41) is 24.5. The summed E-state index contributed by atoms with van der Waals surface area (Å²) < 4.78 is 17.4. The van der Waals surface area contributed by atoms with Gasteiger partial charge in [0.1, 0.15) is 6.07 Å². The molecule has 180 valence electrons. The number of benzene rings is 2. The van der Waals surface area contributed by atoms with Gasteiger partial charge in [0.05, 0.1) is 48.5 Å². The van der Waals surface area contributed by atoms with E-state index in [0.29, 0.717) is 34.9 Å². The van der Waals surface area contributed by atoms with Gasteiger partial charge in [-0.05, 0) is 37.5 Å². The van der Waals surface area contributed by atoms with Crippen molar-refractivity contribution in [2.24, 2.45) is 0 Å². The monoisotopic (exact) mass is 472 g/mol. The third kappa shape index (κ3) is 4.87. The van der Waals surface area contributed by atoms with Crippen LogP contribution < -0.4 is 14.8 Å². The van der Waals surface area contributed by atoms with Crippen LogP contribution in [0.3, 0.4) is 0 Å². The van der Waals surface area contributed by atoms with Gasteiger partial charge in [0.15, 0.2) is 17.1 Å². The van der Waals surface area contributed by atoms with Gasteiger partial charge in [-0.2, -0.15) is 5.26 Å². The van der Waals surface area contributed by atoms with E-state index in [1.54, 1.807) is 19.6 Å². The molecule has 0 radical (unpaired) electrons. The molecule has 0 unspecified atom stereocenters. The fourth-order valence-corrected chi connectivity index (χ4v) is 4.53. The number of likely N-dealkylation sites (tertiary alicyclic amines) is 1. The molecule has 1 saturated heterocycles. The number of methoxy groups -OCH3 is 1. The first-order chi connectivity index (χ1) is 17.2. The Labute approximate surface area is 203 Å². The molecule has 35 heavy (non-hydrogen) atoms. The van der Waals surface area contributed by atoms with E-state index in [4.69, 9.17) is 13.9 Å². The highest BCUT2D eigenvalue weighted by Gasteiger charge is 2.18. The van der Waals surface area contributed by atoms with Gasteiger partial charge < -0.3 is 29.2 Å². The molecular formula is C27H28N4O4. The highest BCUT2D eigenvalue weighted by molar-refractivity contribution is 6.00. The van der Waals surface area contributed by atoms with Crippen LogP contribution in [-0.2, 0) is 0 Å². The minimum atomic E-state index is -0.162. The number of anilines is 2. The molecule has 0 bridgehead atoms. The fourth-order valence-electron chi connectivity index (χ4n) is 4.53. The predicted molar refractivity (Wildman–Crippen MR) is 134 cm³/mol. The molecule has 0 saturated carbocycles. The number of rotatable bonds is 8.